The van der Waals surface area contributed by atoms with E-state index < -0.39 is 0 Å². The largest absolute Gasteiger partial charge is 0.252 e. The number of pyridine rings is 1. The highest BCUT2D eigenvalue weighted by Crippen LogP contribution is 2.38. The molecule has 3 aromatic rings. The van der Waals surface area contributed by atoms with E-state index in [-0.39, 0.29) is 0 Å². The van der Waals surface area contributed by atoms with E-state index in [0.717, 1.165) is 23.4 Å². The van der Waals surface area contributed by atoms with Crippen LogP contribution in [-0.2, 0) is 6.42 Å². The van der Waals surface area contributed by atoms with Gasteiger partial charge in [0.15, 0.2) is 0 Å². The van der Waals surface area contributed by atoms with Gasteiger partial charge in [0.05, 0.1) is 11.2 Å². The Hall–Kier alpha value is -1.86. The second-order valence-electron chi connectivity index (χ2n) is 5.37. The van der Waals surface area contributed by atoms with Crippen LogP contribution in [0.4, 0.5) is 0 Å². The molecule has 0 saturated carbocycles. The van der Waals surface area contributed by atoms with Crippen molar-refractivity contribution >= 4 is 22.5 Å². The Labute approximate surface area is 123 Å². The molecule has 0 saturated heterocycles. The quantitative estimate of drug-likeness (QED) is 0.613. The van der Waals surface area contributed by atoms with E-state index in [1.54, 1.807) is 0 Å². The molecule has 1 unspecified atom stereocenters. The third kappa shape index (κ3) is 1.90. The molecule has 1 aliphatic carbocycles. The van der Waals surface area contributed by atoms with Gasteiger partial charge >= 0.3 is 0 Å². The number of rotatable bonds is 1. The number of hydrogen-bond donors (Lipinski definition) is 0. The summed E-state index contributed by atoms with van der Waals surface area (Å²) in [6.07, 6.45) is 2.25. The zero-order valence-electron chi connectivity index (χ0n) is 11.0. The zero-order chi connectivity index (χ0) is 13.5. The average molecular weight is 280 g/mol. The molecule has 2 aromatic carbocycles. The SMILES string of the molecule is Clc1ccc(C2CCc3cc4ccccc4nc32)cc1. The van der Waals surface area contributed by atoms with Gasteiger partial charge in [-0.15, -0.1) is 0 Å². The first kappa shape index (κ1) is 11.9. The van der Waals surface area contributed by atoms with E-state index >= 15 is 0 Å². The molecule has 1 aliphatic rings. The first-order valence-electron chi connectivity index (χ1n) is 6.95. The highest BCUT2D eigenvalue weighted by atomic mass is 35.5. The molecular formula is C18H14ClN. The molecule has 0 N–H and O–H groups in total. The fourth-order valence-corrected chi connectivity index (χ4v) is 3.26. The molecule has 0 radical (unpaired) electrons. The Morgan fingerprint density at radius 2 is 1.80 bits per heavy atom. The van der Waals surface area contributed by atoms with Crippen molar-refractivity contribution in [2.24, 2.45) is 0 Å². The molecule has 1 aromatic heterocycles. The first-order valence-corrected chi connectivity index (χ1v) is 7.33. The highest BCUT2D eigenvalue weighted by molar-refractivity contribution is 6.30. The summed E-state index contributed by atoms with van der Waals surface area (Å²) in [5, 5.41) is 2.03. The van der Waals surface area contributed by atoms with Crippen molar-refractivity contribution in [1.29, 1.82) is 0 Å². The molecule has 4 rings (SSSR count). The van der Waals surface area contributed by atoms with E-state index in [1.165, 1.54) is 22.2 Å². The van der Waals surface area contributed by atoms with Crippen LogP contribution in [0.1, 0.15) is 29.2 Å². The lowest BCUT2D eigenvalue weighted by molar-refractivity contribution is 0.774. The second-order valence-corrected chi connectivity index (χ2v) is 5.80. The summed E-state index contributed by atoms with van der Waals surface area (Å²) >= 11 is 5.98. The molecule has 0 amide bonds. The summed E-state index contributed by atoms with van der Waals surface area (Å²) in [5.74, 6) is 0.409. The zero-order valence-corrected chi connectivity index (χ0v) is 11.8. The van der Waals surface area contributed by atoms with Crippen molar-refractivity contribution in [3.63, 3.8) is 0 Å². The normalized spacial score (nSPS) is 17.4. The van der Waals surface area contributed by atoms with E-state index in [4.69, 9.17) is 16.6 Å². The molecule has 1 atom stereocenters. The van der Waals surface area contributed by atoms with Crippen molar-refractivity contribution in [1.82, 2.24) is 4.98 Å². The molecule has 0 aliphatic heterocycles. The van der Waals surface area contributed by atoms with Gasteiger partial charge in [-0.1, -0.05) is 41.9 Å². The fourth-order valence-electron chi connectivity index (χ4n) is 3.13. The number of aromatic nitrogens is 1. The predicted octanol–water partition coefficient (Wildman–Crippen LogP) is 4.97. The number of nitrogens with zero attached hydrogens (tertiary/aromatic N) is 1. The van der Waals surface area contributed by atoms with E-state index in [2.05, 4.69) is 36.4 Å². The molecule has 0 fully saturated rings. The van der Waals surface area contributed by atoms with Gasteiger partial charge in [0, 0.05) is 16.3 Å². The smallest absolute Gasteiger partial charge is 0.0705 e. The van der Waals surface area contributed by atoms with Crippen molar-refractivity contribution in [2.45, 2.75) is 18.8 Å². The van der Waals surface area contributed by atoms with Crippen LogP contribution in [0.15, 0.2) is 54.6 Å². The minimum Gasteiger partial charge on any atom is -0.252 e. The summed E-state index contributed by atoms with van der Waals surface area (Å²) in [6.45, 7) is 0. The number of hydrogen-bond acceptors (Lipinski definition) is 1. The molecule has 2 heteroatoms. The van der Waals surface area contributed by atoms with Crippen LogP contribution in [0, 0.1) is 0 Å². The molecular weight excluding hydrogens is 266 g/mol. The summed E-state index contributed by atoms with van der Waals surface area (Å²) in [7, 11) is 0. The number of fused-ring (bicyclic) bond motifs is 2. The lowest BCUT2D eigenvalue weighted by Gasteiger charge is -2.12. The van der Waals surface area contributed by atoms with Gasteiger partial charge in [-0.2, -0.15) is 0 Å². The summed E-state index contributed by atoms with van der Waals surface area (Å²) < 4.78 is 0. The lowest BCUT2D eigenvalue weighted by atomic mass is 9.96. The topological polar surface area (TPSA) is 12.9 Å². The van der Waals surface area contributed by atoms with Crippen LogP contribution in [-0.4, -0.2) is 4.98 Å². The van der Waals surface area contributed by atoms with Crippen molar-refractivity contribution < 1.29 is 0 Å². The Morgan fingerprint density at radius 3 is 2.65 bits per heavy atom. The Balaban J connectivity index is 1.84. The van der Waals surface area contributed by atoms with Gasteiger partial charge in [0.2, 0.25) is 0 Å². The maximum absolute atomic E-state index is 5.98. The molecule has 1 nitrogen and oxygen atoms in total. The Bertz CT molecular complexity index is 777. The average Bonchev–Trinajstić information content (AvgIpc) is 2.88. The van der Waals surface area contributed by atoms with Gasteiger partial charge in [0.1, 0.15) is 0 Å². The number of benzene rings is 2. The number of halogens is 1. The van der Waals surface area contributed by atoms with Crippen LogP contribution >= 0.6 is 11.6 Å². The van der Waals surface area contributed by atoms with Crippen molar-refractivity contribution in [3.8, 4) is 0 Å². The van der Waals surface area contributed by atoms with Gasteiger partial charge in [-0.05, 0) is 48.2 Å². The maximum Gasteiger partial charge on any atom is 0.0705 e. The second kappa shape index (κ2) is 4.60. The van der Waals surface area contributed by atoms with Crippen LogP contribution < -0.4 is 0 Å². The van der Waals surface area contributed by atoms with Gasteiger partial charge < -0.3 is 0 Å². The number of para-hydroxylation sites is 1. The van der Waals surface area contributed by atoms with E-state index in [0.29, 0.717) is 5.92 Å². The minimum atomic E-state index is 0.409. The van der Waals surface area contributed by atoms with Crippen LogP contribution in [0.25, 0.3) is 10.9 Å². The monoisotopic (exact) mass is 279 g/mol. The minimum absolute atomic E-state index is 0.409. The lowest BCUT2D eigenvalue weighted by Crippen LogP contribution is -1.99. The van der Waals surface area contributed by atoms with Crippen LogP contribution in [0.2, 0.25) is 5.02 Å². The molecule has 0 spiro atoms. The summed E-state index contributed by atoms with van der Waals surface area (Å²) in [5.41, 5.74) is 5.04. The van der Waals surface area contributed by atoms with Gasteiger partial charge in [0.25, 0.3) is 0 Å². The molecule has 20 heavy (non-hydrogen) atoms. The van der Waals surface area contributed by atoms with Crippen molar-refractivity contribution in [2.75, 3.05) is 0 Å². The van der Waals surface area contributed by atoms with Gasteiger partial charge in [-0.25, -0.2) is 0 Å². The Morgan fingerprint density at radius 1 is 1.00 bits per heavy atom. The van der Waals surface area contributed by atoms with Gasteiger partial charge in [-0.3, -0.25) is 4.98 Å². The third-order valence-corrected chi connectivity index (χ3v) is 4.39. The Kier molecular flexibility index (Phi) is 2.75. The number of aryl methyl sites for hydroxylation is 1. The van der Waals surface area contributed by atoms with E-state index in [9.17, 15) is 0 Å². The van der Waals surface area contributed by atoms with Crippen LogP contribution in [0.5, 0.6) is 0 Å². The molecule has 1 heterocycles. The third-order valence-electron chi connectivity index (χ3n) is 4.14. The first-order chi connectivity index (χ1) is 9.81. The van der Waals surface area contributed by atoms with Crippen molar-refractivity contribution in [3.05, 3.63) is 76.4 Å². The fraction of sp³-hybridized carbons (Fsp3) is 0.167. The highest BCUT2D eigenvalue weighted by Gasteiger charge is 2.25. The standard InChI is InChI=1S/C18H14ClN/c19-15-8-5-12(6-9-15)16-10-7-14-11-13-3-1-2-4-17(13)20-18(14)16/h1-6,8-9,11,16H,7,10H2. The molecule has 98 valence electrons. The predicted molar refractivity (Wildman–Crippen MR) is 83.4 cm³/mol. The van der Waals surface area contributed by atoms with E-state index in [1.807, 2.05) is 18.2 Å². The summed E-state index contributed by atoms with van der Waals surface area (Å²) in [6, 6.07) is 18.8. The van der Waals surface area contributed by atoms with Crippen LogP contribution in [0.3, 0.4) is 0 Å². The molecule has 0 bridgehead atoms. The summed E-state index contributed by atoms with van der Waals surface area (Å²) in [4.78, 5) is 4.90. The maximum atomic E-state index is 5.98.